The molecule has 8 nitrogen and oxygen atoms in total. The Bertz CT molecular complexity index is 655. The van der Waals surface area contributed by atoms with E-state index in [1.165, 1.54) is 71.6 Å². The van der Waals surface area contributed by atoms with E-state index >= 15 is 0 Å². The van der Waals surface area contributed by atoms with Crippen LogP contribution in [0.5, 0.6) is 0 Å². The Kier molecular flexibility index (Phi) is 9.48. The number of hydrogen-bond donors (Lipinski definition) is 0. The molecule has 4 rings (SSSR count). The zero-order valence-electron chi connectivity index (χ0n) is 21.5. The molecule has 0 spiro atoms. The van der Waals surface area contributed by atoms with Crippen LogP contribution in [-0.4, -0.2) is 110 Å². The number of carbonyl (C=O) groups excluding carboxylic acids is 2. The van der Waals surface area contributed by atoms with Gasteiger partial charge in [0.25, 0.3) is 0 Å². The molecule has 0 radical (unpaired) electrons. The van der Waals surface area contributed by atoms with Crippen molar-refractivity contribution in [1.82, 2.24) is 19.6 Å². The Hall–Kier alpha value is -1.38. The average molecular weight is 479 g/mol. The first kappa shape index (κ1) is 25.7. The minimum atomic E-state index is -0.178. The molecule has 34 heavy (non-hydrogen) atoms. The third-order valence-corrected chi connectivity index (χ3v) is 8.80. The lowest BCUT2D eigenvalue weighted by Gasteiger charge is -2.40. The first-order chi connectivity index (χ1) is 16.5. The van der Waals surface area contributed by atoms with Gasteiger partial charge in [0.2, 0.25) is 0 Å². The van der Waals surface area contributed by atoms with Gasteiger partial charge in [0.1, 0.15) is 0 Å². The molecule has 194 valence electrons. The van der Waals surface area contributed by atoms with Crippen LogP contribution in [0.25, 0.3) is 0 Å². The molecule has 0 aromatic rings. The van der Waals surface area contributed by atoms with Gasteiger partial charge in [-0.15, -0.1) is 0 Å². The second-order valence-corrected chi connectivity index (χ2v) is 10.9. The van der Waals surface area contributed by atoms with Gasteiger partial charge in [0.05, 0.1) is 13.2 Å². The molecule has 4 aliphatic rings. The quantitative estimate of drug-likeness (QED) is 0.472. The molecule has 2 atom stereocenters. The summed E-state index contributed by atoms with van der Waals surface area (Å²) in [6.07, 6.45) is 12.9. The summed E-state index contributed by atoms with van der Waals surface area (Å²) < 4.78 is 10.6. The van der Waals surface area contributed by atoms with Gasteiger partial charge in [0, 0.05) is 45.7 Å². The number of rotatable bonds is 9. The molecule has 0 bridgehead atoms. The fraction of sp³-hybridized carbons (Fsp3) is 0.923. The van der Waals surface area contributed by atoms with Crippen LogP contribution < -0.4 is 0 Å². The standard InChI is InChI=1S/C26H46N4O4/c1-27-23(11-10-21-12-15-29(16-13-21)22-7-4-3-5-8-22)25(34-26(27)32)30-19-17-28(18-20-30)14-6-9-24(31)33-2/h21-23,25H,3-20H2,1-2H3. The zero-order chi connectivity index (χ0) is 23.9. The van der Waals surface area contributed by atoms with E-state index in [2.05, 4.69) is 14.7 Å². The Balaban J connectivity index is 1.20. The van der Waals surface area contributed by atoms with Gasteiger partial charge in [0.15, 0.2) is 6.23 Å². The molecule has 1 aliphatic carbocycles. The highest BCUT2D eigenvalue weighted by Gasteiger charge is 2.43. The second kappa shape index (κ2) is 12.5. The summed E-state index contributed by atoms with van der Waals surface area (Å²) in [7, 11) is 3.35. The lowest BCUT2D eigenvalue weighted by molar-refractivity contribution is -0.140. The van der Waals surface area contributed by atoms with Crippen LogP contribution in [0.3, 0.4) is 0 Å². The highest BCUT2D eigenvalue weighted by atomic mass is 16.6. The Morgan fingerprint density at radius 3 is 2.32 bits per heavy atom. The average Bonchev–Trinajstić information content (AvgIpc) is 3.17. The first-order valence-electron chi connectivity index (χ1n) is 13.8. The molecular weight excluding hydrogens is 432 g/mol. The van der Waals surface area contributed by atoms with Gasteiger partial charge < -0.3 is 24.2 Å². The van der Waals surface area contributed by atoms with Crippen molar-refractivity contribution in [2.24, 2.45) is 5.92 Å². The Labute approximate surface area is 205 Å². The molecule has 1 amide bonds. The van der Waals surface area contributed by atoms with Crippen LogP contribution in [-0.2, 0) is 14.3 Å². The van der Waals surface area contributed by atoms with Gasteiger partial charge >= 0.3 is 12.1 Å². The van der Waals surface area contributed by atoms with Gasteiger partial charge in [-0.05, 0) is 70.5 Å². The highest BCUT2D eigenvalue weighted by Crippen LogP contribution is 2.32. The predicted octanol–water partition coefficient (Wildman–Crippen LogP) is 3.16. The summed E-state index contributed by atoms with van der Waals surface area (Å²) in [6.45, 7) is 7.13. The fourth-order valence-electron chi connectivity index (χ4n) is 6.50. The molecule has 4 fully saturated rings. The number of likely N-dealkylation sites (tertiary alicyclic amines) is 1. The largest absolute Gasteiger partial charge is 0.469 e. The number of piperidine rings is 1. The van der Waals surface area contributed by atoms with E-state index in [-0.39, 0.29) is 24.3 Å². The van der Waals surface area contributed by atoms with Crippen LogP contribution in [0.4, 0.5) is 4.79 Å². The van der Waals surface area contributed by atoms with Crippen LogP contribution in [0.1, 0.15) is 70.6 Å². The Morgan fingerprint density at radius 1 is 0.941 bits per heavy atom. The van der Waals surface area contributed by atoms with E-state index in [4.69, 9.17) is 9.47 Å². The zero-order valence-corrected chi connectivity index (χ0v) is 21.5. The van der Waals surface area contributed by atoms with Crippen molar-refractivity contribution in [3.63, 3.8) is 0 Å². The fourth-order valence-corrected chi connectivity index (χ4v) is 6.50. The maximum atomic E-state index is 12.4. The molecule has 8 heteroatoms. The van der Waals surface area contributed by atoms with Gasteiger partial charge in [-0.2, -0.15) is 0 Å². The van der Waals surface area contributed by atoms with Gasteiger partial charge in [-0.3, -0.25) is 9.69 Å². The number of likely N-dealkylation sites (N-methyl/N-ethyl adjacent to an activating group) is 1. The molecule has 1 saturated carbocycles. The molecule has 3 saturated heterocycles. The normalized spacial score (nSPS) is 28.9. The minimum absolute atomic E-state index is 0.128. The third kappa shape index (κ3) is 6.64. The smallest absolute Gasteiger partial charge is 0.411 e. The number of ether oxygens (including phenoxy) is 2. The topological polar surface area (TPSA) is 65.6 Å². The number of piperazine rings is 1. The summed E-state index contributed by atoms with van der Waals surface area (Å²) in [5.41, 5.74) is 0. The number of esters is 1. The van der Waals surface area contributed by atoms with Crippen molar-refractivity contribution in [2.45, 2.75) is 88.9 Å². The summed E-state index contributed by atoms with van der Waals surface area (Å²) in [5.74, 6) is 0.637. The van der Waals surface area contributed by atoms with Crippen LogP contribution in [0, 0.1) is 5.92 Å². The molecule has 3 aliphatic heterocycles. The number of cyclic esters (lactones) is 1. The highest BCUT2D eigenvalue weighted by molar-refractivity contribution is 5.70. The number of nitrogens with zero attached hydrogens (tertiary/aromatic N) is 4. The SMILES string of the molecule is COC(=O)CCCN1CCN(C2OC(=O)N(C)C2CCC2CCN(C3CCCCC3)CC2)CC1. The predicted molar refractivity (Wildman–Crippen MR) is 131 cm³/mol. The monoisotopic (exact) mass is 478 g/mol. The number of amides is 1. The van der Waals surface area contributed by atoms with Crippen molar-refractivity contribution >= 4 is 12.1 Å². The molecule has 3 heterocycles. The minimum Gasteiger partial charge on any atom is -0.469 e. The molecule has 0 aromatic carbocycles. The first-order valence-corrected chi connectivity index (χ1v) is 13.8. The number of hydrogen-bond acceptors (Lipinski definition) is 7. The molecule has 0 aromatic heterocycles. The third-order valence-electron chi connectivity index (χ3n) is 8.80. The van der Waals surface area contributed by atoms with E-state index in [0.29, 0.717) is 6.42 Å². The van der Waals surface area contributed by atoms with E-state index in [9.17, 15) is 9.59 Å². The van der Waals surface area contributed by atoms with Crippen molar-refractivity contribution in [3.8, 4) is 0 Å². The summed E-state index contributed by atoms with van der Waals surface area (Å²) in [5, 5.41) is 0. The van der Waals surface area contributed by atoms with Gasteiger partial charge in [-0.1, -0.05) is 19.3 Å². The summed E-state index contributed by atoms with van der Waals surface area (Å²) >= 11 is 0. The lowest BCUT2D eigenvalue weighted by Crippen LogP contribution is -2.54. The van der Waals surface area contributed by atoms with Crippen LogP contribution in [0.15, 0.2) is 0 Å². The molecule has 0 N–H and O–H groups in total. The summed E-state index contributed by atoms with van der Waals surface area (Å²) in [4.78, 5) is 33.1. The van der Waals surface area contributed by atoms with Crippen molar-refractivity contribution in [2.75, 3.05) is 60.0 Å². The van der Waals surface area contributed by atoms with E-state index in [1.807, 2.05) is 11.9 Å². The van der Waals surface area contributed by atoms with Crippen LogP contribution in [0.2, 0.25) is 0 Å². The second-order valence-electron chi connectivity index (χ2n) is 10.9. The number of carbonyl (C=O) groups is 2. The van der Waals surface area contributed by atoms with Crippen molar-refractivity contribution < 1.29 is 19.1 Å². The van der Waals surface area contributed by atoms with Crippen molar-refractivity contribution in [1.29, 1.82) is 0 Å². The van der Waals surface area contributed by atoms with Crippen molar-refractivity contribution in [3.05, 3.63) is 0 Å². The van der Waals surface area contributed by atoms with Gasteiger partial charge in [-0.25, -0.2) is 4.79 Å². The Morgan fingerprint density at radius 2 is 1.65 bits per heavy atom. The van der Waals surface area contributed by atoms with E-state index in [1.54, 1.807) is 0 Å². The lowest BCUT2D eigenvalue weighted by atomic mass is 9.87. The molecule has 2 unspecified atom stereocenters. The maximum Gasteiger partial charge on any atom is 0.411 e. The molecular formula is C26H46N4O4. The van der Waals surface area contributed by atoms with Crippen LogP contribution >= 0.6 is 0 Å². The summed E-state index contributed by atoms with van der Waals surface area (Å²) in [6, 6.07) is 0.986. The van der Waals surface area contributed by atoms with E-state index < -0.39 is 0 Å². The maximum absolute atomic E-state index is 12.4. The van der Waals surface area contributed by atoms with E-state index in [0.717, 1.165) is 57.5 Å². The number of methoxy groups -OCH3 is 1.